The fraction of sp³-hybridized carbons (Fsp3) is 0.417. The van der Waals surface area contributed by atoms with E-state index in [0.29, 0.717) is 6.54 Å². The first kappa shape index (κ1) is 16.1. The molecule has 0 aliphatic carbocycles. The molecule has 20 heavy (non-hydrogen) atoms. The second-order valence-corrected chi connectivity index (χ2v) is 4.10. The highest BCUT2D eigenvalue weighted by molar-refractivity contribution is 5.96. The number of hydrogen-bond donors (Lipinski definition) is 4. The topological polar surface area (TPSA) is 87.4 Å². The highest BCUT2D eigenvalue weighted by Crippen LogP contribution is 2.23. The minimum absolute atomic E-state index is 0.164. The van der Waals surface area contributed by atoms with Crippen molar-refractivity contribution in [3.63, 3.8) is 0 Å². The first-order valence-electron chi connectivity index (χ1n) is 5.92. The summed E-state index contributed by atoms with van der Waals surface area (Å²) in [6.45, 7) is 1.43. The van der Waals surface area contributed by atoms with Gasteiger partial charge in [-0.05, 0) is 25.1 Å². The molecule has 0 saturated carbocycles. The highest BCUT2D eigenvalue weighted by Gasteiger charge is 2.37. The van der Waals surface area contributed by atoms with Crippen LogP contribution in [0.3, 0.4) is 0 Å². The van der Waals surface area contributed by atoms with Crippen molar-refractivity contribution in [1.29, 1.82) is 0 Å². The van der Waals surface area contributed by atoms with Crippen molar-refractivity contribution < 1.29 is 23.1 Å². The van der Waals surface area contributed by atoms with E-state index in [9.17, 15) is 18.0 Å². The Hall–Kier alpha value is -1.96. The molecule has 1 aromatic carbocycles. The van der Waals surface area contributed by atoms with Crippen molar-refractivity contribution >= 4 is 17.3 Å². The third kappa shape index (κ3) is 4.30. The summed E-state index contributed by atoms with van der Waals surface area (Å²) in [5, 5.41) is 13.8. The van der Waals surface area contributed by atoms with Gasteiger partial charge in [-0.3, -0.25) is 4.79 Å². The lowest BCUT2D eigenvalue weighted by atomic mass is 10.1. The number of rotatable bonds is 5. The maximum absolute atomic E-state index is 12.2. The van der Waals surface area contributed by atoms with Crippen LogP contribution < -0.4 is 16.4 Å². The molecule has 1 aromatic rings. The first-order chi connectivity index (χ1) is 9.25. The average molecular weight is 291 g/mol. The van der Waals surface area contributed by atoms with E-state index in [2.05, 4.69) is 10.6 Å². The van der Waals surface area contributed by atoms with Crippen molar-refractivity contribution in [2.75, 3.05) is 24.1 Å². The van der Waals surface area contributed by atoms with Crippen molar-refractivity contribution in [3.05, 3.63) is 23.8 Å². The molecule has 5 N–H and O–H groups in total. The number of amides is 1. The van der Waals surface area contributed by atoms with Crippen LogP contribution in [0.2, 0.25) is 0 Å². The molecule has 1 rings (SSSR count). The Morgan fingerprint density at radius 3 is 2.65 bits per heavy atom. The number of hydrogen-bond acceptors (Lipinski definition) is 4. The van der Waals surface area contributed by atoms with Gasteiger partial charge in [-0.1, -0.05) is 0 Å². The van der Waals surface area contributed by atoms with E-state index in [1.807, 2.05) is 0 Å². The number of aliphatic hydroxyl groups excluding tert-OH is 1. The van der Waals surface area contributed by atoms with Crippen molar-refractivity contribution in [2.24, 2.45) is 0 Å². The quantitative estimate of drug-likeness (QED) is 0.617. The van der Waals surface area contributed by atoms with Crippen LogP contribution in [0, 0.1) is 0 Å². The van der Waals surface area contributed by atoms with E-state index >= 15 is 0 Å². The fourth-order valence-electron chi connectivity index (χ4n) is 1.44. The summed E-state index contributed by atoms with van der Waals surface area (Å²) in [6.07, 6.45) is -7.21. The lowest BCUT2D eigenvalue weighted by Gasteiger charge is -2.17. The zero-order valence-corrected chi connectivity index (χ0v) is 10.8. The second-order valence-electron chi connectivity index (χ2n) is 4.10. The summed E-state index contributed by atoms with van der Waals surface area (Å²) in [4.78, 5) is 11.6. The van der Waals surface area contributed by atoms with Crippen LogP contribution in [-0.2, 0) is 0 Å². The van der Waals surface area contributed by atoms with Gasteiger partial charge in [0.15, 0.2) is 6.10 Å². The van der Waals surface area contributed by atoms with Gasteiger partial charge in [0.05, 0.1) is 11.4 Å². The van der Waals surface area contributed by atoms with Gasteiger partial charge < -0.3 is 21.5 Å². The number of aliphatic hydroxyl groups is 1. The van der Waals surface area contributed by atoms with Gasteiger partial charge in [-0.2, -0.15) is 13.2 Å². The Balaban J connectivity index is 2.79. The molecule has 0 radical (unpaired) electrons. The predicted molar refractivity (Wildman–Crippen MR) is 69.4 cm³/mol. The molecule has 0 aliphatic rings. The molecular formula is C12H16F3N3O2. The van der Waals surface area contributed by atoms with Crippen LogP contribution in [-0.4, -0.2) is 36.4 Å². The molecule has 0 heterocycles. The molecule has 0 spiro atoms. The van der Waals surface area contributed by atoms with Crippen molar-refractivity contribution in [1.82, 2.24) is 5.32 Å². The normalized spacial score (nSPS) is 12.8. The zero-order chi connectivity index (χ0) is 15.3. The number of halogens is 3. The Labute approximate surface area is 114 Å². The Bertz CT molecular complexity index is 478. The minimum Gasteiger partial charge on any atom is -0.397 e. The largest absolute Gasteiger partial charge is 0.416 e. The zero-order valence-electron chi connectivity index (χ0n) is 10.8. The molecule has 0 fully saturated rings. The Morgan fingerprint density at radius 1 is 1.45 bits per heavy atom. The van der Waals surface area contributed by atoms with E-state index in [0.717, 1.165) is 0 Å². The van der Waals surface area contributed by atoms with Gasteiger partial charge in [0.1, 0.15) is 0 Å². The third-order valence-electron chi connectivity index (χ3n) is 2.52. The standard InChI is InChI=1S/C12H16F3N3O2/c1-2-17-11(20)7-3-4-8(16)9(5-7)18-6-10(19)12(13,14)15/h3-5,10,18-19H,2,6,16H2,1H3,(H,17,20). The van der Waals surface area contributed by atoms with E-state index in [4.69, 9.17) is 10.8 Å². The first-order valence-corrected chi connectivity index (χ1v) is 5.92. The van der Waals surface area contributed by atoms with Gasteiger partial charge in [0, 0.05) is 18.7 Å². The molecule has 0 saturated heterocycles. The highest BCUT2D eigenvalue weighted by atomic mass is 19.4. The molecule has 1 unspecified atom stereocenters. The number of alkyl halides is 3. The fourth-order valence-corrected chi connectivity index (χ4v) is 1.44. The summed E-state index contributed by atoms with van der Waals surface area (Å²) < 4.78 is 36.5. The van der Waals surface area contributed by atoms with Crippen LogP contribution in [0.4, 0.5) is 24.5 Å². The van der Waals surface area contributed by atoms with Gasteiger partial charge in [-0.15, -0.1) is 0 Å². The number of nitrogens with two attached hydrogens (primary N) is 1. The van der Waals surface area contributed by atoms with E-state index < -0.39 is 18.8 Å². The maximum atomic E-state index is 12.2. The monoisotopic (exact) mass is 291 g/mol. The Morgan fingerprint density at radius 2 is 2.10 bits per heavy atom. The molecule has 0 bridgehead atoms. The summed E-state index contributed by atoms with van der Waals surface area (Å²) in [5.74, 6) is -0.355. The Kier molecular flexibility index (Phi) is 5.20. The maximum Gasteiger partial charge on any atom is 0.416 e. The van der Waals surface area contributed by atoms with Crippen molar-refractivity contribution in [3.8, 4) is 0 Å². The van der Waals surface area contributed by atoms with Crippen LogP contribution >= 0.6 is 0 Å². The minimum atomic E-state index is -4.71. The van der Waals surface area contributed by atoms with E-state index in [1.165, 1.54) is 18.2 Å². The van der Waals surface area contributed by atoms with Gasteiger partial charge in [0.25, 0.3) is 5.91 Å². The lowest BCUT2D eigenvalue weighted by molar-refractivity contribution is -0.198. The van der Waals surface area contributed by atoms with E-state index in [1.54, 1.807) is 6.92 Å². The molecule has 112 valence electrons. The predicted octanol–water partition coefficient (Wildman–Crippen LogP) is 1.35. The summed E-state index contributed by atoms with van der Waals surface area (Å²) in [7, 11) is 0. The summed E-state index contributed by atoms with van der Waals surface area (Å²) >= 11 is 0. The van der Waals surface area contributed by atoms with Crippen LogP contribution in [0.5, 0.6) is 0 Å². The molecule has 0 aromatic heterocycles. The molecule has 5 nitrogen and oxygen atoms in total. The van der Waals surface area contributed by atoms with Crippen molar-refractivity contribution in [2.45, 2.75) is 19.2 Å². The number of benzene rings is 1. The summed E-state index contributed by atoms with van der Waals surface area (Å²) in [6, 6.07) is 4.21. The molecule has 8 heteroatoms. The molecular weight excluding hydrogens is 275 g/mol. The third-order valence-corrected chi connectivity index (χ3v) is 2.52. The van der Waals surface area contributed by atoms with Crippen LogP contribution in [0.15, 0.2) is 18.2 Å². The molecule has 1 amide bonds. The van der Waals surface area contributed by atoms with Gasteiger partial charge in [-0.25, -0.2) is 0 Å². The van der Waals surface area contributed by atoms with E-state index in [-0.39, 0.29) is 22.8 Å². The molecule has 1 atom stereocenters. The number of carbonyl (C=O) groups is 1. The second kappa shape index (κ2) is 6.47. The number of anilines is 2. The average Bonchev–Trinajstić information content (AvgIpc) is 2.36. The lowest BCUT2D eigenvalue weighted by Crippen LogP contribution is -2.35. The smallest absolute Gasteiger partial charge is 0.397 e. The van der Waals surface area contributed by atoms with Gasteiger partial charge >= 0.3 is 6.18 Å². The SMILES string of the molecule is CCNC(=O)c1ccc(N)c(NCC(O)C(F)(F)F)c1. The number of carbonyl (C=O) groups excluding carboxylic acids is 1. The summed E-state index contributed by atoms with van der Waals surface area (Å²) in [5.41, 5.74) is 6.22. The van der Waals surface area contributed by atoms with Gasteiger partial charge in [0.2, 0.25) is 0 Å². The number of nitrogen functional groups attached to an aromatic ring is 1. The number of nitrogens with one attached hydrogen (secondary N) is 2. The van der Waals surface area contributed by atoms with Crippen LogP contribution in [0.25, 0.3) is 0 Å². The van der Waals surface area contributed by atoms with Crippen LogP contribution in [0.1, 0.15) is 17.3 Å². The molecule has 0 aliphatic heterocycles.